The zero-order chi connectivity index (χ0) is 8.97. The fourth-order valence-electron chi connectivity index (χ4n) is 1.29. The summed E-state index contributed by atoms with van der Waals surface area (Å²) in [6.45, 7) is 0.751. The molecule has 0 bridgehead atoms. The third kappa shape index (κ3) is 2.30. The van der Waals surface area contributed by atoms with Gasteiger partial charge in [0.2, 0.25) is 0 Å². The molecular formula is C9H16N2S. The molecular weight excluding hydrogens is 168 g/mol. The van der Waals surface area contributed by atoms with Crippen LogP contribution in [0.15, 0.2) is 17.5 Å². The molecule has 1 rings (SSSR count). The number of nitrogens with two attached hydrogens (primary N) is 1. The summed E-state index contributed by atoms with van der Waals surface area (Å²) in [6, 6.07) is 4.76. The number of hydrogen-bond donors (Lipinski definition) is 1. The van der Waals surface area contributed by atoms with E-state index in [9.17, 15) is 0 Å². The van der Waals surface area contributed by atoms with Crippen molar-refractivity contribution in [2.24, 2.45) is 5.73 Å². The first-order valence-electron chi connectivity index (χ1n) is 4.15. The molecule has 1 aromatic heterocycles. The molecule has 1 aromatic rings. The van der Waals surface area contributed by atoms with Crippen LogP contribution in [-0.4, -0.2) is 25.5 Å². The Morgan fingerprint density at radius 2 is 2.33 bits per heavy atom. The molecule has 0 amide bonds. The minimum atomic E-state index is 0.495. The molecule has 0 aliphatic heterocycles. The third-order valence-electron chi connectivity index (χ3n) is 1.94. The predicted molar refractivity (Wildman–Crippen MR) is 54.4 cm³/mol. The maximum Gasteiger partial charge on any atom is 0.0447 e. The van der Waals surface area contributed by atoms with E-state index in [4.69, 9.17) is 5.73 Å². The summed E-state index contributed by atoms with van der Waals surface area (Å²) >= 11 is 1.80. The van der Waals surface area contributed by atoms with Gasteiger partial charge in [0.1, 0.15) is 0 Å². The van der Waals surface area contributed by atoms with Crippen molar-refractivity contribution in [2.45, 2.75) is 12.5 Å². The highest BCUT2D eigenvalue weighted by Crippen LogP contribution is 2.25. The standard InChI is InChI=1S/C9H16N2S/c1-11(2)8(5-6-10)9-4-3-7-12-9/h3-4,7-8H,5-6,10H2,1-2H3. The highest BCUT2D eigenvalue weighted by Gasteiger charge is 2.13. The van der Waals surface area contributed by atoms with Crippen molar-refractivity contribution in [1.82, 2.24) is 4.90 Å². The number of rotatable bonds is 4. The van der Waals surface area contributed by atoms with Gasteiger partial charge in [0, 0.05) is 10.9 Å². The Labute approximate surface area is 78.0 Å². The first-order valence-corrected chi connectivity index (χ1v) is 5.03. The van der Waals surface area contributed by atoms with E-state index in [-0.39, 0.29) is 0 Å². The smallest absolute Gasteiger partial charge is 0.0447 e. The van der Waals surface area contributed by atoms with Crippen molar-refractivity contribution in [1.29, 1.82) is 0 Å². The van der Waals surface area contributed by atoms with Crippen LogP contribution < -0.4 is 5.73 Å². The lowest BCUT2D eigenvalue weighted by Crippen LogP contribution is -2.21. The van der Waals surface area contributed by atoms with Crippen LogP contribution in [0.3, 0.4) is 0 Å². The summed E-state index contributed by atoms with van der Waals surface area (Å²) in [5.74, 6) is 0. The van der Waals surface area contributed by atoms with Crippen LogP contribution in [0, 0.1) is 0 Å². The Bertz CT molecular complexity index is 206. The summed E-state index contributed by atoms with van der Waals surface area (Å²) in [7, 11) is 4.19. The molecule has 0 saturated heterocycles. The molecule has 0 aliphatic rings. The molecule has 0 saturated carbocycles. The molecule has 0 spiro atoms. The van der Waals surface area contributed by atoms with E-state index in [1.807, 2.05) is 0 Å². The Kier molecular flexibility index (Phi) is 3.72. The molecule has 3 heteroatoms. The summed E-state index contributed by atoms with van der Waals surface area (Å²) < 4.78 is 0. The maximum atomic E-state index is 5.55. The molecule has 0 aromatic carbocycles. The van der Waals surface area contributed by atoms with Crippen molar-refractivity contribution in [3.8, 4) is 0 Å². The Morgan fingerprint density at radius 3 is 2.75 bits per heavy atom. The maximum absolute atomic E-state index is 5.55. The second-order valence-corrected chi connectivity index (χ2v) is 4.05. The van der Waals surface area contributed by atoms with Gasteiger partial charge in [-0.1, -0.05) is 6.07 Å². The predicted octanol–water partition coefficient (Wildman–Crippen LogP) is 1.70. The lowest BCUT2D eigenvalue weighted by atomic mass is 10.1. The quantitative estimate of drug-likeness (QED) is 0.771. The second kappa shape index (κ2) is 4.60. The van der Waals surface area contributed by atoms with Gasteiger partial charge in [-0.3, -0.25) is 0 Å². The van der Waals surface area contributed by atoms with Crippen LogP contribution in [0.5, 0.6) is 0 Å². The van der Waals surface area contributed by atoms with Gasteiger partial charge in [-0.2, -0.15) is 0 Å². The van der Waals surface area contributed by atoms with Gasteiger partial charge in [0.15, 0.2) is 0 Å². The average molecular weight is 184 g/mol. The Hall–Kier alpha value is -0.380. The SMILES string of the molecule is CN(C)C(CCN)c1cccs1. The normalized spacial score (nSPS) is 13.7. The first-order chi connectivity index (χ1) is 5.75. The monoisotopic (exact) mass is 184 g/mol. The van der Waals surface area contributed by atoms with Crippen LogP contribution in [0.25, 0.3) is 0 Å². The van der Waals surface area contributed by atoms with Crippen LogP contribution >= 0.6 is 11.3 Å². The van der Waals surface area contributed by atoms with Gasteiger partial charge in [0.05, 0.1) is 0 Å². The van der Waals surface area contributed by atoms with E-state index in [0.717, 1.165) is 13.0 Å². The van der Waals surface area contributed by atoms with E-state index >= 15 is 0 Å². The zero-order valence-corrected chi connectivity index (χ0v) is 8.47. The van der Waals surface area contributed by atoms with Crippen molar-refractivity contribution in [3.63, 3.8) is 0 Å². The molecule has 1 atom stereocenters. The average Bonchev–Trinajstić information content (AvgIpc) is 2.51. The summed E-state index contributed by atoms with van der Waals surface area (Å²) in [6.07, 6.45) is 1.04. The van der Waals surface area contributed by atoms with E-state index < -0.39 is 0 Å². The topological polar surface area (TPSA) is 29.3 Å². The molecule has 1 unspecified atom stereocenters. The van der Waals surface area contributed by atoms with Crippen LogP contribution in [0.1, 0.15) is 17.3 Å². The van der Waals surface area contributed by atoms with Crippen molar-refractivity contribution in [2.75, 3.05) is 20.6 Å². The number of thiophene rings is 1. The van der Waals surface area contributed by atoms with Crippen LogP contribution in [-0.2, 0) is 0 Å². The number of nitrogens with zero attached hydrogens (tertiary/aromatic N) is 1. The highest BCUT2D eigenvalue weighted by atomic mass is 32.1. The molecule has 1 heterocycles. The molecule has 2 nitrogen and oxygen atoms in total. The molecule has 0 fully saturated rings. The van der Waals surface area contributed by atoms with Gasteiger partial charge < -0.3 is 10.6 Å². The molecule has 2 N–H and O–H groups in total. The van der Waals surface area contributed by atoms with Gasteiger partial charge in [0.25, 0.3) is 0 Å². The minimum absolute atomic E-state index is 0.495. The lowest BCUT2D eigenvalue weighted by Gasteiger charge is -2.22. The van der Waals surface area contributed by atoms with Crippen molar-refractivity contribution in [3.05, 3.63) is 22.4 Å². The minimum Gasteiger partial charge on any atom is -0.330 e. The van der Waals surface area contributed by atoms with Crippen molar-refractivity contribution < 1.29 is 0 Å². The lowest BCUT2D eigenvalue weighted by molar-refractivity contribution is 0.291. The van der Waals surface area contributed by atoms with Gasteiger partial charge in [-0.25, -0.2) is 0 Å². The van der Waals surface area contributed by atoms with E-state index in [1.54, 1.807) is 11.3 Å². The summed E-state index contributed by atoms with van der Waals surface area (Å²) in [5.41, 5.74) is 5.55. The Balaban J connectivity index is 2.66. The first kappa shape index (κ1) is 9.71. The van der Waals surface area contributed by atoms with Crippen LogP contribution in [0.2, 0.25) is 0 Å². The highest BCUT2D eigenvalue weighted by molar-refractivity contribution is 7.10. The Morgan fingerprint density at radius 1 is 1.58 bits per heavy atom. The zero-order valence-electron chi connectivity index (χ0n) is 7.66. The van der Waals surface area contributed by atoms with Gasteiger partial charge in [-0.15, -0.1) is 11.3 Å². The van der Waals surface area contributed by atoms with E-state index in [2.05, 4.69) is 36.5 Å². The fraction of sp³-hybridized carbons (Fsp3) is 0.556. The van der Waals surface area contributed by atoms with Gasteiger partial charge in [-0.05, 0) is 38.5 Å². The third-order valence-corrected chi connectivity index (χ3v) is 2.91. The fourth-order valence-corrected chi connectivity index (χ4v) is 2.25. The number of hydrogen-bond acceptors (Lipinski definition) is 3. The van der Waals surface area contributed by atoms with E-state index in [1.165, 1.54) is 4.88 Å². The van der Waals surface area contributed by atoms with Crippen molar-refractivity contribution >= 4 is 11.3 Å². The van der Waals surface area contributed by atoms with Gasteiger partial charge >= 0.3 is 0 Å². The van der Waals surface area contributed by atoms with Crippen LogP contribution in [0.4, 0.5) is 0 Å². The molecule has 0 aliphatic carbocycles. The largest absolute Gasteiger partial charge is 0.330 e. The summed E-state index contributed by atoms with van der Waals surface area (Å²) in [5, 5.41) is 2.11. The summed E-state index contributed by atoms with van der Waals surface area (Å²) in [4.78, 5) is 3.63. The second-order valence-electron chi connectivity index (χ2n) is 3.07. The molecule has 68 valence electrons. The molecule has 0 radical (unpaired) electrons. The molecule has 12 heavy (non-hydrogen) atoms. The van der Waals surface area contributed by atoms with E-state index in [0.29, 0.717) is 6.04 Å².